The molecule has 0 aliphatic carbocycles. The van der Waals surface area contributed by atoms with Gasteiger partial charge in [0.2, 0.25) is 0 Å². The van der Waals surface area contributed by atoms with E-state index in [1.54, 1.807) is 24.4 Å². The summed E-state index contributed by atoms with van der Waals surface area (Å²) in [6.07, 6.45) is 1.61. The topological polar surface area (TPSA) is 48.7 Å². The summed E-state index contributed by atoms with van der Waals surface area (Å²) in [6.45, 7) is 0.534. The number of nitriles is 1. The second kappa shape index (κ2) is 5.37. The number of hydrogen-bond donors (Lipinski definition) is 1. The molecule has 0 fully saturated rings. The first-order chi connectivity index (χ1) is 8.19. The Hall–Kier alpha value is -1.28. The SMILES string of the molecule is N#Cc1ccc(Cl)c(NCc2ncc(Cl)s2)c1. The zero-order valence-corrected chi connectivity index (χ0v) is 10.9. The van der Waals surface area contributed by atoms with Crippen molar-refractivity contribution in [2.45, 2.75) is 6.54 Å². The third-order valence-electron chi connectivity index (χ3n) is 2.05. The van der Waals surface area contributed by atoms with Crippen LogP contribution in [0.15, 0.2) is 24.4 Å². The van der Waals surface area contributed by atoms with Gasteiger partial charge in [-0.25, -0.2) is 4.98 Å². The lowest BCUT2D eigenvalue weighted by atomic mass is 10.2. The summed E-state index contributed by atoms with van der Waals surface area (Å²) < 4.78 is 0.652. The molecule has 0 aliphatic heterocycles. The van der Waals surface area contributed by atoms with Gasteiger partial charge in [-0.1, -0.05) is 23.2 Å². The largest absolute Gasteiger partial charge is 0.377 e. The van der Waals surface area contributed by atoms with Crippen molar-refractivity contribution in [1.29, 1.82) is 5.26 Å². The number of hydrogen-bond acceptors (Lipinski definition) is 4. The molecule has 1 aromatic heterocycles. The molecule has 0 atom stereocenters. The highest BCUT2D eigenvalue weighted by atomic mass is 35.5. The van der Waals surface area contributed by atoms with Gasteiger partial charge in [-0.15, -0.1) is 11.3 Å². The van der Waals surface area contributed by atoms with Crippen LogP contribution < -0.4 is 5.32 Å². The summed E-state index contributed by atoms with van der Waals surface area (Å²) in [5.74, 6) is 0. The second-order valence-electron chi connectivity index (χ2n) is 3.22. The van der Waals surface area contributed by atoms with E-state index in [4.69, 9.17) is 28.5 Å². The fourth-order valence-corrected chi connectivity index (χ4v) is 2.35. The molecular weight excluding hydrogens is 277 g/mol. The van der Waals surface area contributed by atoms with Gasteiger partial charge in [0.25, 0.3) is 0 Å². The van der Waals surface area contributed by atoms with E-state index in [-0.39, 0.29) is 0 Å². The van der Waals surface area contributed by atoms with E-state index < -0.39 is 0 Å². The van der Waals surface area contributed by atoms with E-state index in [1.165, 1.54) is 11.3 Å². The van der Waals surface area contributed by atoms with Gasteiger partial charge in [0.1, 0.15) is 9.34 Å². The molecule has 2 aromatic rings. The van der Waals surface area contributed by atoms with Gasteiger partial charge in [-0.05, 0) is 18.2 Å². The minimum absolute atomic E-state index is 0.534. The van der Waals surface area contributed by atoms with Crippen molar-refractivity contribution >= 4 is 40.2 Å². The van der Waals surface area contributed by atoms with E-state index >= 15 is 0 Å². The third-order valence-corrected chi connectivity index (χ3v) is 3.50. The lowest BCUT2D eigenvalue weighted by Gasteiger charge is -2.06. The van der Waals surface area contributed by atoms with Gasteiger partial charge in [0.05, 0.1) is 35.1 Å². The monoisotopic (exact) mass is 283 g/mol. The van der Waals surface area contributed by atoms with Crippen LogP contribution in [0, 0.1) is 11.3 Å². The maximum absolute atomic E-state index is 8.79. The summed E-state index contributed by atoms with van der Waals surface area (Å²) in [6, 6.07) is 7.14. The van der Waals surface area contributed by atoms with Crippen LogP contribution in [0.25, 0.3) is 0 Å². The highest BCUT2D eigenvalue weighted by Gasteiger charge is 2.04. The Labute approximate surface area is 113 Å². The number of halogens is 2. The fraction of sp³-hybridized carbons (Fsp3) is 0.0909. The number of anilines is 1. The predicted octanol–water partition coefficient (Wildman–Crippen LogP) is 3.93. The normalized spacial score (nSPS) is 9.94. The molecule has 17 heavy (non-hydrogen) atoms. The average molecular weight is 284 g/mol. The molecule has 0 spiro atoms. The number of aromatic nitrogens is 1. The van der Waals surface area contributed by atoms with E-state index in [1.807, 2.05) is 0 Å². The number of benzene rings is 1. The lowest BCUT2D eigenvalue weighted by molar-refractivity contribution is 1.10. The first-order valence-corrected chi connectivity index (χ1v) is 6.30. The molecule has 0 aliphatic rings. The molecule has 2 rings (SSSR count). The Morgan fingerprint density at radius 3 is 2.88 bits per heavy atom. The molecule has 6 heteroatoms. The first kappa shape index (κ1) is 12.2. The van der Waals surface area contributed by atoms with Gasteiger partial charge in [-0.3, -0.25) is 0 Å². The van der Waals surface area contributed by atoms with Crippen molar-refractivity contribution in [2.75, 3.05) is 5.32 Å². The summed E-state index contributed by atoms with van der Waals surface area (Å²) in [5, 5.41) is 13.4. The van der Waals surface area contributed by atoms with Crippen molar-refractivity contribution in [1.82, 2.24) is 4.98 Å². The molecule has 0 bridgehead atoms. The van der Waals surface area contributed by atoms with E-state index in [9.17, 15) is 0 Å². The summed E-state index contributed by atoms with van der Waals surface area (Å²) in [4.78, 5) is 4.12. The average Bonchev–Trinajstić information content (AvgIpc) is 2.74. The summed E-state index contributed by atoms with van der Waals surface area (Å²) >= 11 is 13.2. The first-order valence-electron chi connectivity index (χ1n) is 4.73. The molecule has 86 valence electrons. The van der Waals surface area contributed by atoms with Crippen LogP contribution in [0.1, 0.15) is 10.6 Å². The van der Waals surface area contributed by atoms with E-state index in [2.05, 4.69) is 16.4 Å². The Morgan fingerprint density at radius 2 is 2.24 bits per heavy atom. The zero-order chi connectivity index (χ0) is 12.3. The number of rotatable bonds is 3. The minimum Gasteiger partial charge on any atom is -0.377 e. The van der Waals surface area contributed by atoms with Crippen molar-refractivity contribution in [2.24, 2.45) is 0 Å². The molecule has 0 radical (unpaired) electrons. The predicted molar refractivity (Wildman–Crippen MR) is 70.6 cm³/mol. The second-order valence-corrected chi connectivity index (χ2v) is 5.37. The van der Waals surface area contributed by atoms with Crippen LogP contribution >= 0.6 is 34.5 Å². The fourth-order valence-electron chi connectivity index (χ4n) is 1.27. The van der Waals surface area contributed by atoms with Crippen LogP contribution in [-0.2, 0) is 6.54 Å². The van der Waals surface area contributed by atoms with E-state index in [0.717, 1.165) is 10.7 Å². The maximum Gasteiger partial charge on any atom is 0.113 e. The van der Waals surface area contributed by atoms with Gasteiger partial charge in [-0.2, -0.15) is 5.26 Å². The number of thiazole rings is 1. The Balaban J connectivity index is 2.11. The van der Waals surface area contributed by atoms with Crippen molar-refractivity contribution < 1.29 is 0 Å². The smallest absolute Gasteiger partial charge is 0.113 e. The Bertz CT molecular complexity index is 574. The van der Waals surface area contributed by atoms with Crippen LogP contribution in [-0.4, -0.2) is 4.98 Å². The molecule has 1 aromatic carbocycles. The van der Waals surface area contributed by atoms with Crippen LogP contribution in [0.2, 0.25) is 9.36 Å². The quantitative estimate of drug-likeness (QED) is 0.928. The van der Waals surface area contributed by atoms with Crippen molar-refractivity contribution in [3.8, 4) is 6.07 Å². The molecule has 0 saturated carbocycles. The number of nitrogens with one attached hydrogen (secondary N) is 1. The Morgan fingerprint density at radius 1 is 1.41 bits per heavy atom. The molecule has 3 nitrogen and oxygen atoms in total. The molecule has 1 heterocycles. The third kappa shape index (κ3) is 3.10. The van der Waals surface area contributed by atoms with Gasteiger partial charge in [0.15, 0.2) is 0 Å². The maximum atomic E-state index is 8.79. The summed E-state index contributed by atoms with van der Waals surface area (Å²) in [5.41, 5.74) is 1.28. The molecule has 0 unspecified atom stereocenters. The van der Waals surface area contributed by atoms with Crippen molar-refractivity contribution in [3.05, 3.63) is 44.3 Å². The highest BCUT2D eigenvalue weighted by molar-refractivity contribution is 7.15. The van der Waals surface area contributed by atoms with Crippen LogP contribution in [0.4, 0.5) is 5.69 Å². The zero-order valence-electron chi connectivity index (χ0n) is 8.58. The number of nitrogens with zero attached hydrogens (tertiary/aromatic N) is 2. The van der Waals surface area contributed by atoms with Gasteiger partial charge >= 0.3 is 0 Å². The molecular formula is C11H7Cl2N3S. The molecule has 0 saturated heterocycles. The van der Waals surface area contributed by atoms with Crippen LogP contribution in [0.3, 0.4) is 0 Å². The van der Waals surface area contributed by atoms with E-state index in [0.29, 0.717) is 21.5 Å². The van der Waals surface area contributed by atoms with Crippen molar-refractivity contribution in [3.63, 3.8) is 0 Å². The lowest BCUT2D eigenvalue weighted by Crippen LogP contribution is -1.99. The Kier molecular flexibility index (Phi) is 3.85. The van der Waals surface area contributed by atoms with Crippen LogP contribution in [0.5, 0.6) is 0 Å². The minimum atomic E-state index is 0.534. The van der Waals surface area contributed by atoms with Gasteiger partial charge in [0, 0.05) is 0 Å². The molecule has 1 N–H and O–H groups in total. The van der Waals surface area contributed by atoms with Gasteiger partial charge < -0.3 is 5.32 Å². The molecule has 0 amide bonds. The summed E-state index contributed by atoms with van der Waals surface area (Å²) in [7, 11) is 0. The highest BCUT2D eigenvalue weighted by Crippen LogP contribution is 2.24. The standard InChI is InChI=1S/C11H7Cl2N3S/c12-8-2-1-7(4-14)3-9(8)15-6-11-16-5-10(13)17-11/h1-3,5,15H,6H2.